The third-order valence-corrected chi connectivity index (χ3v) is 4.01. The number of hydrogen-bond donors (Lipinski definition) is 2. The van der Waals surface area contributed by atoms with Gasteiger partial charge in [0.2, 0.25) is 0 Å². The van der Waals surface area contributed by atoms with E-state index in [4.69, 9.17) is 0 Å². The lowest BCUT2D eigenvalue weighted by atomic mass is 9.80. The second-order valence-corrected chi connectivity index (χ2v) is 5.45. The molecule has 106 valence electrons. The molecule has 4 heteroatoms. The van der Waals surface area contributed by atoms with Gasteiger partial charge < -0.3 is 10.6 Å². The van der Waals surface area contributed by atoms with Crippen LogP contribution in [0, 0.1) is 5.92 Å². The van der Waals surface area contributed by atoms with E-state index in [2.05, 4.69) is 41.4 Å². The first-order chi connectivity index (χ1) is 9.26. The van der Waals surface area contributed by atoms with Crippen LogP contribution in [-0.4, -0.2) is 22.6 Å². The highest BCUT2D eigenvalue weighted by Gasteiger charge is 2.24. The molecular weight excluding hydrogens is 236 g/mol. The molecule has 19 heavy (non-hydrogen) atoms. The zero-order chi connectivity index (χ0) is 13.7. The van der Waals surface area contributed by atoms with Crippen LogP contribution in [-0.2, 0) is 6.42 Å². The number of aromatic nitrogens is 2. The molecule has 0 amide bonds. The summed E-state index contributed by atoms with van der Waals surface area (Å²) in [5.74, 6) is 2.82. The second kappa shape index (κ2) is 6.73. The van der Waals surface area contributed by atoms with E-state index in [1.54, 1.807) is 6.33 Å². The molecule has 1 aromatic heterocycles. The lowest BCUT2D eigenvalue weighted by molar-refractivity contribution is 0.285. The van der Waals surface area contributed by atoms with Crippen LogP contribution < -0.4 is 10.6 Å². The number of hydrogen-bond acceptors (Lipinski definition) is 4. The van der Waals surface area contributed by atoms with Crippen molar-refractivity contribution in [1.29, 1.82) is 0 Å². The smallest absolute Gasteiger partial charge is 0.134 e. The molecule has 2 rings (SSSR count). The van der Waals surface area contributed by atoms with E-state index in [0.29, 0.717) is 6.04 Å². The molecule has 0 spiro atoms. The van der Waals surface area contributed by atoms with E-state index in [1.165, 1.54) is 24.8 Å². The Labute approximate surface area is 116 Å². The predicted octanol–water partition coefficient (Wildman–Crippen LogP) is 3.46. The fourth-order valence-electron chi connectivity index (χ4n) is 2.62. The SMILES string of the molecule is CCCc1c(NCC)ncnc1NC(C)C1CCC1. The van der Waals surface area contributed by atoms with Crippen LogP contribution in [0.5, 0.6) is 0 Å². The molecule has 1 fully saturated rings. The highest BCUT2D eigenvalue weighted by atomic mass is 15.1. The third kappa shape index (κ3) is 3.37. The van der Waals surface area contributed by atoms with E-state index >= 15 is 0 Å². The molecule has 0 saturated heterocycles. The van der Waals surface area contributed by atoms with E-state index in [9.17, 15) is 0 Å². The largest absolute Gasteiger partial charge is 0.370 e. The summed E-state index contributed by atoms with van der Waals surface area (Å²) in [7, 11) is 0. The molecule has 0 aliphatic heterocycles. The van der Waals surface area contributed by atoms with Crippen LogP contribution in [0.15, 0.2) is 6.33 Å². The Balaban J connectivity index is 2.14. The first kappa shape index (κ1) is 14.1. The van der Waals surface area contributed by atoms with Crippen molar-refractivity contribution in [2.24, 2.45) is 5.92 Å². The highest BCUT2D eigenvalue weighted by Crippen LogP contribution is 2.32. The normalized spacial score (nSPS) is 16.8. The summed E-state index contributed by atoms with van der Waals surface area (Å²) in [6.45, 7) is 7.46. The maximum atomic E-state index is 4.46. The van der Waals surface area contributed by atoms with Crippen molar-refractivity contribution < 1.29 is 0 Å². The first-order valence-corrected chi connectivity index (χ1v) is 7.60. The van der Waals surface area contributed by atoms with Gasteiger partial charge in [-0.3, -0.25) is 0 Å². The molecular formula is C15H26N4. The summed E-state index contributed by atoms with van der Waals surface area (Å²) in [6.07, 6.45) is 7.86. The van der Waals surface area contributed by atoms with E-state index in [-0.39, 0.29) is 0 Å². The Kier molecular flexibility index (Phi) is 5.00. The topological polar surface area (TPSA) is 49.8 Å². The summed E-state index contributed by atoms with van der Waals surface area (Å²) >= 11 is 0. The van der Waals surface area contributed by atoms with Crippen LogP contribution in [0.1, 0.15) is 52.0 Å². The summed E-state index contributed by atoms with van der Waals surface area (Å²) in [4.78, 5) is 8.83. The molecule has 1 aliphatic rings. The summed E-state index contributed by atoms with van der Waals surface area (Å²) in [5, 5.41) is 6.95. The van der Waals surface area contributed by atoms with Gasteiger partial charge in [-0.15, -0.1) is 0 Å². The van der Waals surface area contributed by atoms with Crippen LogP contribution in [0.4, 0.5) is 11.6 Å². The van der Waals surface area contributed by atoms with E-state index in [1.807, 2.05) is 0 Å². The average molecular weight is 262 g/mol. The fourth-order valence-corrected chi connectivity index (χ4v) is 2.62. The maximum Gasteiger partial charge on any atom is 0.134 e. The summed E-state index contributed by atoms with van der Waals surface area (Å²) < 4.78 is 0. The average Bonchev–Trinajstić information content (AvgIpc) is 2.31. The molecule has 0 bridgehead atoms. The molecule has 1 unspecified atom stereocenters. The minimum absolute atomic E-state index is 0.508. The van der Waals surface area contributed by atoms with Gasteiger partial charge in [0, 0.05) is 18.2 Å². The number of rotatable bonds is 7. The Morgan fingerprint density at radius 3 is 2.58 bits per heavy atom. The van der Waals surface area contributed by atoms with Crippen molar-refractivity contribution in [2.75, 3.05) is 17.2 Å². The Morgan fingerprint density at radius 1 is 1.26 bits per heavy atom. The zero-order valence-corrected chi connectivity index (χ0v) is 12.4. The minimum atomic E-state index is 0.508. The van der Waals surface area contributed by atoms with Gasteiger partial charge in [0.05, 0.1) is 0 Å². The Hall–Kier alpha value is -1.32. The molecule has 0 aromatic carbocycles. The van der Waals surface area contributed by atoms with Crippen molar-refractivity contribution in [1.82, 2.24) is 9.97 Å². The minimum Gasteiger partial charge on any atom is -0.370 e. The van der Waals surface area contributed by atoms with Crippen LogP contribution >= 0.6 is 0 Å². The van der Waals surface area contributed by atoms with Gasteiger partial charge in [-0.05, 0) is 39.0 Å². The van der Waals surface area contributed by atoms with Gasteiger partial charge in [0.15, 0.2) is 0 Å². The van der Waals surface area contributed by atoms with Gasteiger partial charge in [-0.1, -0.05) is 19.8 Å². The lowest BCUT2D eigenvalue weighted by Gasteiger charge is -2.32. The zero-order valence-electron chi connectivity index (χ0n) is 12.4. The quantitative estimate of drug-likeness (QED) is 0.790. The molecule has 0 radical (unpaired) electrons. The predicted molar refractivity (Wildman–Crippen MR) is 80.6 cm³/mol. The molecule has 1 heterocycles. The number of nitrogens with one attached hydrogen (secondary N) is 2. The van der Waals surface area contributed by atoms with Gasteiger partial charge in [-0.25, -0.2) is 9.97 Å². The Morgan fingerprint density at radius 2 is 2.00 bits per heavy atom. The molecule has 1 aromatic rings. The second-order valence-electron chi connectivity index (χ2n) is 5.45. The van der Waals surface area contributed by atoms with Gasteiger partial charge >= 0.3 is 0 Å². The van der Waals surface area contributed by atoms with Crippen molar-refractivity contribution in [3.63, 3.8) is 0 Å². The summed E-state index contributed by atoms with van der Waals surface area (Å²) in [6, 6.07) is 0.508. The summed E-state index contributed by atoms with van der Waals surface area (Å²) in [5.41, 5.74) is 1.23. The monoisotopic (exact) mass is 262 g/mol. The van der Waals surface area contributed by atoms with Gasteiger partial charge in [-0.2, -0.15) is 0 Å². The molecule has 2 N–H and O–H groups in total. The number of nitrogens with zero attached hydrogens (tertiary/aromatic N) is 2. The highest BCUT2D eigenvalue weighted by molar-refractivity contribution is 5.57. The molecule has 1 atom stereocenters. The van der Waals surface area contributed by atoms with Crippen LogP contribution in [0.25, 0.3) is 0 Å². The lowest BCUT2D eigenvalue weighted by Crippen LogP contribution is -2.31. The van der Waals surface area contributed by atoms with E-state index < -0.39 is 0 Å². The van der Waals surface area contributed by atoms with Crippen molar-refractivity contribution in [3.8, 4) is 0 Å². The fraction of sp³-hybridized carbons (Fsp3) is 0.733. The molecule has 4 nitrogen and oxygen atoms in total. The van der Waals surface area contributed by atoms with Crippen molar-refractivity contribution >= 4 is 11.6 Å². The standard InChI is InChI=1S/C15H26N4/c1-4-7-13-14(16-5-2)17-10-18-15(13)19-11(3)12-8-6-9-12/h10-12H,4-9H2,1-3H3,(H2,16,17,18,19). The van der Waals surface area contributed by atoms with Crippen molar-refractivity contribution in [3.05, 3.63) is 11.9 Å². The van der Waals surface area contributed by atoms with Crippen molar-refractivity contribution in [2.45, 2.75) is 58.9 Å². The molecule has 1 saturated carbocycles. The molecule has 1 aliphatic carbocycles. The Bertz CT molecular complexity index is 401. The number of anilines is 2. The van der Waals surface area contributed by atoms with Crippen LogP contribution in [0.3, 0.4) is 0 Å². The van der Waals surface area contributed by atoms with Gasteiger partial charge in [0.25, 0.3) is 0 Å². The third-order valence-electron chi connectivity index (χ3n) is 4.01. The first-order valence-electron chi connectivity index (χ1n) is 7.60. The maximum absolute atomic E-state index is 4.46. The van der Waals surface area contributed by atoms with Crippen LogP contribution in [0.2, 0.25) is 0 Å². The van der Waals surface area contributed by atoms with E-state index in [0.717, 1.165) is 36.9 Å². The van der Waals surface area contributed by atoms with Gasteiger partial charge in [0.1, 0.15) is 18.0 Å².